The van der Waals surface area contributed by atoms with Crippen LogP contribution in [-0.2, 0) is 6.61 Å². The zero-order valence-corrected chi connectivity index (χ0v) is 19.8. The van der Waals surface area contributed by atoms with Crippen molar-refractivity contribution in [1.82, 2.24) is 5.43 Å². The Morgan fingerprint density at radius 2 is 1.84 bits per heavy atom. The minimum absolute atomic E-state index is 0.0275. The standard InChI is InChI=1S/C23H20Br2N2O4/c1-2-30-21-11-16(8-9-20(21)31-14-15-6-4-3-5-7-15)23(29)27-26-13-17-10-18(24)12-19(25)22(17)28/h3-13,28H,2,14H2,1H3,(H,27,29)/b26-13+. The second-order valence-electron chi connectivity index (χ2n) is 6.39. The molecule has 0 radical (unpaired) electrons. The highest BCUT2D eigenvalue weighted by molar-refractivity contribution is 9.11. The Bertz CT molecular complexity index is 1090. The summed E-state index contributed by atoms with van der Waals surface area (Å²) < 4.78 is 12.8. The molecule has 0 saturated heterocycles. The number of hydrogen-bond donors (Lipinski definition) is 2. The van der Waals surface area contributed by atoms with Gasteiger partial charge in [0.1, 0.15) is 12.4 Å². The van der Waals surface area contributed by atoms with Gasteiger partial charge in [-0.3, -0.25) is 4.79 Å². The van der Waals surface area contributed by atoms with Crippen LogP contribution in [0.3, 0.4) is 0 Å². The Hall–Kier alpha value is -2.84. The Balaban J connectivity index is 1.70. The molecule has 8 heteroatoms. The summed E-state index contributed by atoms with van der Waals surface area (Å²) >= 11 is 6.60. The maximum absolute atomic E-state index is 12.5. The molecule has 3 rings (SSSR count). The lowest BCUT2D eigenvalue weighted by Crippen LogP contribution is -2.17. The molecule has 160 valence electrons. The van der Waals surface area contributed by atoms with Gasteiger partial charge in [-0.25, -0.2) is 5.43 Å². The predicted molar refractivity (Wildman–Crippen MR) is 127 cm³/mol. The van der Waals surface area contributed by atoms with Crippen molar-refractivity contribution in [2.75, 3.05) is 6.61 Å². The van der Waals surface area contributed by atoms with Crippen LogP contribution in [0.2, 0.25) is 0 Å². The Kier molecular flexibility index (Phi) is 8.08. The van der Waals surface area contributed by atoms with E-state index < -0.39 is 5.91 Å². The maximum atomic E-state index is 12.5. The summed E-state index contributed by atoms with van der Waals surface area (Å²) in [6.07, 6.45) is 1.36. The number of aromatic hydroxyl groups is 1. The van der Waals surface area contributed by atoms with Gasteiger partial charge >= 0.3 is 0 Å². The molecule has 0 aliphatic rings. The number of carbonyl (C=O) groups is 1. The number of ether oxygens (including phenoxy) is 2. The third kappa shape index (κ3) is 6.32. The number of carbonyl (C=O) groups excluding carboxylic acids is 1. The lowest BCUT2D eigenvalue weighted by atomic mass is 10.2. The maximum Gasteiger partial charge on any atom is 0.271 e. The second kappa shape index (κ2) is 11.0. The van der Waals surface area contributed by atoms with E-state index in [4.69, 9.17) is 9.47 Å². The van der Waals surface area contributed by atoms with E-state index >= 15 is 0 Å². The number of nitrogens with zero attached hydrogens (tertiary/aromatic N) is 1. The van der Waals surface area contributed by atoms with Gasteiger partial charge in [0, 0.05) is 15.6 Å². The first-order valence-electron chi connectivity index (χ1n) is 9.43. The highest BCUT2D eigenvalue weighted by Crippen LogP contribution is 2.31. The molecular formula is C23H20Br2N2O4. The number of rotatable bonds is 8. The van der Waals surface area contributed by atoms with Crippen LogP contribution in [0.5, 0.6) is 17.2 Å². The van der Waals surface area contributed by atoms with Crippen molar-refractivity contribution in [1.29, 1.82) is 0 Å². The molecular weight excluding hydrogens is 528 g/mol. The molecule has 0 unspecified atom stereocenters. The number of benzene rings is 3. The van der Waals surface area contributed by atoms with Gasteiger partial charge < -0.3 is 14.6 Å². The van der Waals surface area contributed by atoms with Gasteiger partial charge in [0.2, 0.25) is 0 Å². The molecule has 31 heavy (non-hydrogen) atoms. The first-order valence-corrected chi connectivity index (χ1v) is 11.0. The number of nitrogens with one attached hydrogen (secondary N) is 1. The lowest BCUT2D eigenvalue weighted by Gasteiger charge is -2.13. The predicted octanol–water partition coefficient (Wildman–Crippen LogP) is 5.66. The Morgan fingerprint density at radius 1 is 1.06 bits per heavy atom. The zero-order valence-electron chi connectivity index (χ0n) is 16.6. The minimum atomic E-state index is -0.416. The topological polar surface area (TPSA) is 80.2 Å². The number of hydrogen-bond acceptors (Lipinski definition) is 5. The third-order valence-electron chi connectivity index (χ3n) is 4.17. The molecule has 0 fully saturated rings. The molecule has 3 aromatic carbocycles. The van der Waals surface area contributed by atoms with Crippen LogP contribution in [0.25, 0.3) is 0 Å². The summed E-state index contributed by atoms with van der Waals surface area (Å²) in [5, 5.41) is 14.0. The van der Waals surface area contributed by atoms with Gasteiger partial charge in [-0.15, -0.1) is 0 Å². The highest BCUT2D eigenvalue weighted by Gasteiger charge is 2.12. The summed E-state index contributed by atoms with van der Waals surface area (Å²) in [4.78, 5) is 12.5. The van der Waals surface area contributed by atoms with Crippen molar-refractivity contribution in [2.24, 2.45) is 5.10 Å². The normalized spacial score (nSPS) is 10.8. The van der Waals surface area contributed by atoms with Crippen molar-refractivity contribution < 1.29 is 19.4 Å². The van der Waals surface area contributed by atoms with Crippen molar-refractivity contribution >= 4 is 44.0 Å². The van der Waals surface area contributed by atoms with Crippen molar-refractivity contribution in [3.63, 3.8) is 0 Å². The highest BCUT2D eigenvalue weighted by atomic mass is 79.9. The van der Waals surface area contributed by atoms with Crippen molar-refractivity contribution in [3.8, 4) is 17.2 Å². The van der Waals surface area contributed by atoms with Gasteiger partial charge in [0.15, 0.2) is 11.5 Å². The minimum Gasteiger partial charge on any atom is -0.506 e. The van der Waals surface area contributed by atoms with Crippen LogP contribution in [0.15, 0.2) is 74.7 Å². The summed E-state index contributed by atoms with van der Waals surface area (Å²) in [5.74, 6) is 0.637. The van der Waals surface area contributed by atoms with E-state index in [1.807, 2.05) is 37.3 Å². The van der Waals surface area contributed by atoms with Crippen LogP contribution in [0.4, 0.5) is 0 Å². The molecule has 0 aromatic heterocycles. The second-order valence-corrected chi connectivity index (χ2v) is 8.16. The molecule has 1 amide bonds. The molecule has 6 nitrogen and oxygen atoms in total. The quantitative estimate of drug-likeness (QED) is 0.282. The summed E-state index contributed by atoms with van der Waals surface area (Å²) in [7, 11) is 0. The van der Waals surface area contributed by atoms with E-state index in [0.717, 1.165) is 10.0 Å². The van der Waals surface area contributed by atoms with Crippen molar-refractivity contribution in [2.45, 2.75) is 13.5 Å². The van der Waals surface area contributed by atoms with Crippen molar-refractivity contribution in [3.05, 3.63) is 86.3 Å². The molecule has 0 heterocycles. The number of amides is 1. The molecule has 0 aliphatic heterocycles. The zero-order chi connectivity index (χ0) is 22.2. The van der Waals surface area contributed by atoms with Crippen LogP contribution in [-0.4, -0.2) is 23.8 Å². The summed E-state index contributed by atoms with van der Waals surface area (Å²) in [6.45, 7) is 2.69. The molecule has 0 bridgehead atoms. The van der Waals surface area contributed by atoms with Gasteiger partial charge in [0.25, 0.3) is 5.91 Å². The van der Waals surface area contributed by atoms with Gasteiger partial charge in [-0.05, 0) is 58.7 Å². The third-order valence-corrected chi connectivity index (χ3v) is 5.23. The lowest BCUT2D eigenvalue weighted by molar-refractivity contribution is 0.0954. The Morgan fingerprint density at radius 3 is 2.58 bits per heavy atom. The summed E-state index contributed by atoms with van der Waals surface area (Å²) in [5.41, 5.74) is 4.30. The van der Waals surface area contributed by atoms with Crippen LogP contribution in [0.1, 0.15) is 28.4 Å². The van der Waals surface area contributed by atoms with Gasteiger partial charge in [0.05, 0.1) is 17.3 Å². The fourth-order valence-electron chi connectivity index (χ4n) is 2.68. The number of hydrazone groups is 1. The first-order chi connectivity index (χ1) is 15.0. The SMILES string of the molecule is CCOc1cc(C(=O)N/N=C/c2cc(Br)cc(Br)c2O)ccc1OCc1ccccc1. The van der Waals surface area contributed by atoms with E-state index in [9.17, 15) is 9.90 Å². The number of phenols is 1. The molecule has 0 aliphatic carbocycles. The van der Waals surface area contributed by atoms with Gasteiger partial charge in [-0.1, -0.05) is 46.3 Å². The number of halogens is 2. The van der Waals surface area contributed by atoms with E-state index in [1.165, 1.54) is 6.21 Å². The molecule has 2 N–H and O–H groups in total. The monoisotopic (exact) mass is 546 g/mol. The van der Waals surface area contributed by atoms with E-state index in [0.29, 0.717) is 40.3 Å². The average molecular weight is 548 g/mol. The molecule has 3 aromatic rings. The largest absolute Gasteiger partial charge is 0.506 e. The van der Waals surface area contributed by atoms with E-state index in [1.54, 1.807) is 30.3 Å². The van der Waals surface area contributed by atoms with Crippen LogP contribution < -0.4 is 14.9 Å². The van der Waals surface area contributed by atoms with Crippen LogP contribution in [0, 0.1) is 0 Å². The molecule has 0 saturated carbocycles. The fourth-order valence-corrected chi connectivity index (χ4v) is 3.94. The molecule has 0 spiro atoms. The smallest absolute Gasteiger partial charge is 0.271 e. The Labute approximate surface area is 197 Å². The number of phenolic OH excluding ortho intramolecular Hbond substituents is 1. The fraction of sp³-hybridized carbons (Fsp3) is 0.130. The first kappa shape index (κ1) is 22.8. The summed E-state index contributed by atoms with van der Waals surface area (Å²) in [6, 6.07) is 18.1. The van der Waals surface area contributed by atoms with E-state index in [2.05, 4.69) is 42.4 Å². The molecule has 0 atom stereocenters. The van der Waals surface area contributed by atoms with E-state index in [-0.39, 0.29) is 5.75 Å². The van der Waals surface area contributed by atoms with Gasteiger partial charge in [-0.2, -0.15) is 5.10 Å². The average Bonchev–Trinajstić information content (AvgIpc) is 2.77. The van der Waals surface area contributed by atoms with Crippen LogP contribution >= 0.6 is 31.9 Å².